The highest BCUT2D eigenvalue weighted by Crippen LogP contribution is 2.28. The number of hydrogen-bond donors (Lipinski definition) is 1. The molecular formula is C20H17ClF2N4O. The largest absolute Gasteiger partial charge is 0.350 e. The number of rotatable bonds is 4. The Morgan fingerprint density at radius 3 is 2.89 bits per heavy atom. The fourth-order valence-electron chi connectivity index (χ4n) is 3.25. The first kappa shape index (κ1) is 18.4. The van der Waals surface area contributed by atoms with Gasteiger partial charge in [-0.2, -0.15) is 9.37 Å². The van der Waals surface area contributed by atoms with Gasteiger partial charge >= 0.3 is 5.56 Å². The van der Waals surface area contributed by atoms with Gasteiger partial charge in [-0.1, -0.05) is 12.1 Å². The zero-order valence-corrected chi connectivity index (χ0v) is 15.8. The molecule has 1 aromatic carbocycles. The molecule has 0 fully saturated rings. The molecule has 0 saturated carbocycles. The van der Waals surface area contributed by atoms with Gasteiger partial charge in [-0.3, -0.25) is 4.79 Å². The summed E-state index contributed by atoms with van der Waals surface area (Å²) < 4.78 is 30.8. The first-order valence-electron chi connectivity index (χ1n) is 8.69. The van der Waals surface area contributed by atoms with Gasteiger partial charge in [0.25, 0.3) is 0 Å². The Morgan fingerprint density at radius 2 is 2.11 bits per heavy atom. The van der Waals surface area contributed by atoms with E-state index in [-0.39, 0.29) is 12.5 Å². The average Bonchev–Trinajstić information content (AvgIpc) is 3.04. The van der Waals surface area contributed by atoms with Gasteiger partial charge < -0.3 is 14.5 Å². The van der Waals surface area contributed by atoms with E-state index in [9.17, 15) is 13.6 Å². The van der Waals surface area contributed by atoms with Crippen LogP contribution in [0.2, 0.25) is 0 Å². The third kappa shape index (κ3) is 3.45. The second kappa shape index (κ2) is 7.24. The lowest BCUT2D eigenvalue weighted by atomic mass is 10.0. The van der Waals surface area contributed by atoms with Crippen molar-refractivity contribution in [3.63, 3.8) is 0 Å². The molecule has 4 rings (SSSR count). The fraction of sp³-hybridized carbons (Fsp3) is 0.200. The van der Waals surface area contributed by atoms with E-state index in [1.165, 1.54) is 10.6 Å². The molecule has 0 saturated heterocycles. The van der Waals surface area contributed by atoms with Gasteiger partial charge in [0.1, 0.15) is 5.83 Å². The molecule has 144 valence electrons. The highest BCUT2D eigenvalue weighted by molar-refractivity contribution is 6.22. The second-order valence-electron chi connectivity index (χ2n) is 6.68. The molecule has 1 aliphatic carbocycles. The van der Waals surface area contributed by atoms with Crippen LogP contribution >= 0.6 is 11.6 Å². The van der Waals surface area contributed by atoms with E-state index < -0.39 is 22.6 Å². The Morgan fingerprint density at radius 1 is 1.29 bits per heavy atom. The summed E-state index contributed by atoms with van der Waals surface area (Å²) in [6.07, 6.45) is 6.24. The molecule has 0 bridgehead atoms. The molecule has 2 heterocycles. The van der Waals surface area contributed by atoms with Crippen LogP contribution in [0.25, 0.3) is 10.9 Å². The van der Waals surface area contributed by atoms with Crippen LogP contribution in [0.5, 0.6) is 0 Å². The molecule has 1 unspecified atom stereocenters. The van der Waals surface area contributed by atoms with E-state index in [2.05, 4.69) is 10.3 Å². The Kier molecular flexibility index (Phi) is 4.77. The van der Waals surface area contributed by atoms with Gasteiger partial charge in [-0.25, -0.2) is 4.39 Å². The lowest BCUT2D eigenvalue weighted by Gasteiger charge is -2.19. The van der Waals surface area contributed by atoms with E-state index in [0.717, 1.165) is 28.4 Å². The molecule has 0 amide bonds. The van der Waals surface area contributed by atoms with Crippen molar-refractivity contribution in [3.05, 3.63) is 76.4 Å². The van der Waals surface area contributed by atoms with Crippen LogP contribution in [0.15, 0.2) is 65.0 Å². The maximum atomic E-state index is 13.9. The van der Waals surface area contributed by atoms with Crippen LogP contribution in [-0.2, 0) is 13.6 Å². The Hall–Kier alpha value is -2.93. The zero-order valence-electron chi connectivity index (χ0n) is 15.0. The van der Waals surface area contributed by atoms with Crippen molar-refractivity contribution in [3.8, 4) is 0 Å². The summed E-state index contributed by atoms with van der Waals surface area (Å²) in [5.74, 6) is -1.16. The standard InChI is InChI=1S/C20H17ClF2N4O/c1-26-8-7-13-17(3-2-4-18(13)26)24-20-25-19(28)16(23)11-27(20)10-12-5-6-15(22)14(21)9-12/h2-8,11,14H,9-10H2,1H3,(H,24,25,28). The van der Waals surface area contributed by atoms with Gasteiger partial charge in [0.15, 0.2) is 0 Å². The minimum absolute atomic E-state index is 0.199. The van der Waals surface area contributed by atoms with Crippen LogP contribution in [0.1, 0.15) is 6.42 Å². The number of allylic oxidation sites excluding steroid dienone is 4. The normalized spacial score (nSPS) is 16.8. The van der Waals surface area contributed by atoms with E-state index >= 15 is 0 Å². The van der Waals surface area contributed by atoms with E-state index in [0.29, 0.717) is 6.42 Å². The molecule has 1 atom stereocenters. The Bertz CT molecular complexity index is 1180. The fourth-order valence-corrected chi connectivity index (χ4v) is 3.52. The third-order valence-electron chi connectivity index (χ3n) is 4.72. The van der Waals surface area contributed by atoms with Crippen molar-refractivity contribution in [2.45, 2.75) is 18.3 Å². The summed E-state index contributed by atoms with van der Waals surface area (Å²) in [4.78, 5) is 15.6. The van der Waals surface area contributed by atoms with Gasteiger partial charge in [0, 0.05) is 36.9 Å². The Balaban J connectivity index is 1.72. The molecule has 8 heteroatoms. The number of aryl methyl sites for hydroxylation is 1. The topological polar surface area (TPSA) is 51.9 Å². The van der Waals surface area contributed by atoms with Crippen LogP contribution in [0.4, 0.5) is 20.4 Å². The molecule has 0 radical (unpaired) electrons. The number of nitrogens with zero attached hydrogens (tertiary/aromatic N) is 3. The molecule has 5 nitrogen and oxygen atoms in total. The van der Waals surface area contributed by atoms with Crippen LogP contribution in [-0.4, -0.2) is 19.5 Å². The summed E-state index contributed by atoms with van der Waals surface area (Å²) in [7, 11) is 1.93. The van der Waals surface area contributed by atoms with Gasteiger partial charge in [0.05, 0.1) is 11.1 Å². The highest BCUT2D eigenvalue weighted by Gasteiger charge is 2.19. The number of halogens is 3. The monoisotopic (exact) mass is 402 g/mol. The number of anilines is 2. The van der Waals surface area contributed by atoms with Gasteiger partial charge in [0.2, 0.25) is 11.8 Å². The van der Waals surface area contributed by atoms with E-state index in [1.54, 1.807) is 6.08 Å². The van der Waals surface area contributed by atoms with Gasteiger partial charge in [-0.05, 0) is 36.3 Å². The molecule has 2 aromatic heterocycles. The summed E-state index contributed by atoms with van der Waals surface area (Å²) in [5.41, 5.74) is 1.59. The zero-order chi connectivity index (χ0) is 19.8. The van der Waals surface area contributed by atoms with Crippen molar-refractivity contribution < 1.29 is 8.78 Å². The smallest absolute Gasteiger partial charge is 0.310 e. The van der Waals surface area contributed by atoms with Crippen LogP contribution in [0.3, 0.4) is 0 Å². The van der Waals surface area contributed by atoms with Crippen molar-refractivity contribution in [2.24, 2.45) is 7.05 Å². The van der Waals surface area contributed by atoms with Crippen molar-refractivity contribution in [1.82, 2.24) is 14.1 Å². The molecule has 3 aromatic rings. The minimum atomic E-state index is -0.955. The maximum absolute atomic E-state index is 13.9. The first-order chi connectivity index (χ1) is 13.4. The molecule has 0 aliphatic heterocycles. The van der Waals surface area contributed by atoms with Crippen LogP contribution < -0.4 is 10.9 Å². The van der Waals surface area contributed by atoms with Crippen molar-refractivity contribution in [1.29, 1.82) is 0 Å². The minimum Gasteiger partial charge on any atom is -0.350 e. The Labute approximate surface area is 164 Å². The summed E-state index contributed by atoms with van der Waals surface area (Å²) >= 11 is 5.97. The summed E-state index contributed by atoms with van der Waals surface area (Å²) in [6, 6.07) is 7.65. The highest BCUT2D eigenvalue weighted by atomic mass is 35.5. The predicted octanol–water partition coefficient (Wildman–Crippen LogP) is 4.41. The third-order valence-corrected chi connectivity index (χ3v) is 5.08. The number of hydrogen-bond acceptors (Lipinski definition) is 3. The molecule has 0 spiro atoms. The van der Waals surface area contributed by atoms with Crippen molar-refractivity contribution >= 4 is 34.1 Å². The molecular weight excluding hydrogens is 386 g/mol. The quantitative estimate of drug-likeness (QED) is 0.658. The predicted molar refractivity (Wildman–Crippen MR) is 106 cm³/mol. The first-order valence-corrected chi connectivity index (χ1v) is 9.13. The maximum Gasteiger partial charge on any atom is 0.310 e. The van der Waals surface area contributed by atoms with E-state index in [1.807, 2.05) is 42.1 Å². The number of alkyl halides is 1. The molecule has 1 aliphatic rings. The van der Waals surface area contributed by atoms with E-state index in [4.69, 9.17) is 11.6 Å². The number of benzene rings is 1. The summed E-state index contributed by atoms with van der Waals surface area (Å²) in [5, 5.41) is 3.33. The molecule has 28 heavy (non-hydrogen) atoms. The summed E-state index contributed by atoms with van der Waals surface area (Å²) in [6.45, 7) is 0.226. The van der Waals surface area contributed by atoms with Gasteiger partial charge in [-0.15, -0.1) is 11.6 Å². The lowest BCUT2D eigenvalue weighted by Crippen LogP contribution is -2.21. The molecule has 1 N–H and O–H groups in total. The number of nitrogens with one attached hydrogen (secondary N) is 1. The second-order valence-corrected chi connectivity index (χ2v) is 7.21. The SMILES string of the molecule is Cn1ccc2c(Nc3nc(=O)c(F)cn3CC3=CC=C(F)C(Cl)C3)cccc21. The number of fused-ring (bicyclic) bond motifs is 1. The lowest BCUT2D eigenvalue weighted by molar-refractivity contribution is 0.561. The number of aromatic nitrogens is 3. The van der Waals surface area contributed by atoms with Crippen molar-refractivity contribution in [2.75, 3.05) is 5.32 Å². The van der Waals surface area contributed by atoms with Crippen LogP contribution in [0, 0.1) is 5.82 Å². The average molecular weight is 403 g/mol.